The number of nitrogens with zero attached hydrogens (tertiary/aromatic N) is 1. The lowest BCUT2D eigenvalue weighted by atomic mass is 9.69. The molecule has 0 spiro atoms. The molecule has 3 rings (SSSR count). The van der Waals surface area contributed by atoms with Gasteiger partial charge in [-0.15, -0.1) is 0 Å². The molecule has 1 heterocycles. The van der Waals surface area contributed by atoms with Gasteiger partial charge >= 0.3 is 0 Å². The van der Waals surface area contributed by atoms with Gasteiger partial charge in [-0.3, -0.25) is 0 Å². The highest BCUT2D eigenvalue weighted by Gasteiger charge is 2.33. The molecule has 0 aromatic heterocycles. The minimum Gasteiger partial charge on any atom is -0.370 e. The molecule has 21 heavy (non-hydrogen) atoms. The second-order valence-electron chi connectivity index (χ2n) is 6.76. The lowest BCUT2D eigenvalue weighted by Gasteiger charge is -2.37. The van der Waals surface area contributed by atoms with Crippen LogP contribution in [0.1, 0.15) is 56.9 Å². The maximum absolute atomic E-state index is 6.62. The molecule has 0 unspecified atom stereocenters. The molecule has 1 aliphatic carbocycles. The predicted molar refractivity (Wildman–Crippen MR) is 91.3 cm³/mol. The number of hydrogen-bond donors (Lipinski definition) is 1. The van der Waals surface area contributed by atoms with Gasteiger partial charge in [0.15, 0.2) is 0 Å². The number of nitrogens with two attached hydrogens (primary N) is 1. The van der Waals surface area contributed by atoms with E-state index in [1.165, 1.54) is 62.6 Å². The summed E-state index contributed by atoms with van der Waals surface area (Å²) >= 11 is 6.62. The summed E-state index contributed by atoms with van der Waals surface area (Å²) in [5.74, 6) is 0. The van der Waals surface area contributed by atoms with Crippen LogP contribution in [0.3, 0.4) is 0 Å². The Hall–Kier alpha value is -0.730. The Balaban J connectivity index is 1.85. The molecule has 1 aromatic rings. The van der Waals surface area contributed by atoms with Gasteiger partial charge in [-0.25, -0.2) is 0 Å². The molecule has 2 aliphatic rings. The molecule has 0 bridgehead atoms. The fourth-order valence-electron chi connectivity index (χ4n) is 4.07. The molecule has 2 N–H and O–H groups in total. The van der Waals surface area contributed by atoms with Crippen LogP contribution in [0.2, 0.25) is 5.02 Å². The van der Waals surface area contributed by atoms with Gasteiger partial charge < -0.3 is 10.6 Å². The zero-order chi connectivity index (χ0) is 14.7. The van der Waals surface area contributed by atoms with E-state index in [1.807, 2.05) is 0 Å². The van der Waals surface area contributed by atoms with Gasteiger partial charge in [-0.2, -0.15) is 0 Å². The molecule has 1 saturated heterocycles. The molecule has 1 aromatic carbocycles. The van der Waals surface area contributed by atoms with E-state index in [0.717, 1.165) is 24.7 Å². The van der Waals surface area contributed by atoms with Crippen LogP contribution < -0.4 is 10.6 Å². The largest absolute Gasteiger partial charge is 0.370 e. The molecule has 0 radical (unpaired) electrons. The zero-order valence-corrected chi connectivity index (χ0v) is 13.7. The Morgan fingerprint density at radius 2 is 1.67 bits per heavy atom. The van der Waals surface area contributed by atoms with Crippen LogP contribution in [0.15, 0.2) is 18.2 Å². The monoisotopic (exact) mass is 306 g/mol. The van der Waals surface area contributed by atoms with E-state index < -0.39 is 0 Å². The summed E-state index contributed by atoms with van der Waals surface area (Å²) in [6.45, 7) is 3.02. The van der Waals surface area contributed by atoms with Crippen LogP contribution in [0.5, 0.6) is 0 Å². The summed E-state index contributed by atoms with van der Waals surface area (Å²) in [7, 11) is 0. The molecule has 3 heteroatoms. The third kappa shape index (κ3) is 3.07. The lowest BCUT2D eigenvalue weighted by molar-refractivity contribution is 0.301. The first kappa shape index (κ1) is 15.2. The van der Waals surface area contributed by atoms with Gasteiger partial charge in [-0.1, -0.05) is 36.9 Å². The normalized spacial score (nSPS) is 22.3. The first-order valence-corrected chi connectivity index (χ1v) is 8.88. The van der Waals surface area contributed by atoms with E-state index in [9.17, 15) is 0 Å². The van der Waals surface area contributed by atoms with Crippen molar-refractivity contribution in [1.82, 2.24) is 0 Å². The Labute approximate surface area is 133 Å². The van der Waals surface area contributed by atoms with Crippen molar-refractivity contribution in [3.63, 3.8) is 0 Å². The van der Waals surface area contributed by atoms with Gasteiger partial charge in [0.05, 0.1) is 10.7 Å². The smallest absolute Gasteiger partial charge is 0.0642 e. The summed E-state index contributed by atoms with van der Waals surface area (Å²) in [4.78, 5) is 2.44. The van der Waals surface area contributed by atoms with E-state index in [1.54, 1.807) is 0 Å². The number of benzene rings is 1. The Kier molecular flexibility index (Phi) is 4.75. The highest BCUT2D eigenvalue weighted by Crippen LogP contribution is 2.41. The first-order valence-electron chi connectivity index (χ1n) is 8.50. The second kappa shape index (κ2) is 6.58. The maximum atomic E-state index is 6.62. The summed E-state index contributed by atoms with van der Waals surface area (Å²) in [6.07, 6.45) is 10.3. The minimum absolute atomic E-state index is 0.169. The van der Waals surface area contributed by atoms with Crippen molar-refractivity contribution in [1.29, 1.82) is 0 Å². The number of rotatable bonds is 3. The van der Waals surface area contributed by atoms with E-state index in [2.05, 4.69) is 23.1 Å². The van der Waals surface area contributed by atoms with Crippen molar-refractivity contribution < 1.29 is 0 Å². The van der Waals surface area contributed by atoms with Crippen LogP contribution in [0.4, 0.5) is 5.69 Å². The number of halogens is 1. The van der Waals surface area contributed by atoms with Gasteiger partial charge in [0.2, 0.25) is 0 Å². The molecular weight excluding hydrogens is 280 g/mol. The van der Waals surface area contributed by atoms with Crippen LogP contribution in [0.25, 0.3) is 0 Å². The molecule has 2 nitrogen and oxygen atoms in total. The van der Waals surface area contributed by atoms with Gasteiger partial charge in [0.25, 0.3) is 0 Å². The Morgan fingerprint density at radius 1 is 1.00 bits per heavy atom. The summed E-state index contributed by atoms with van der Waals surface area (Å²) in [5, 5.41) is 0.910. The number of hydrogen-bond acceptors (Lipinski definition) is 2. The van der Waals surface area contributed by atoms with Crippen LogP contribution in [-0.2, 0) is 5.41 Å². The van der Waals surface area contributed by atoms with Crippen LogP contribution >= 0.6 is 11.6 Å². The van der Waals surface area contributed by atoms with Crippen LogP contribution in [0, 0.1) is 0 Å². The molecule has 0 atom stereocenters. The zero-order valence-electron chi connectivity index (χ0n) is 12.9. The fourth-order valence-corrected chi connectivity index (χ4v) is 4.37. The third-order valence-corrected chi connectivity index (χ3v) is 5.76. The van der Waals surface area contributed by atoms with Crippen molar-refractivity contribution in [2.75, 3.05) is 24.5 Å². The highest BCUT2D eigenvalue weighted by atomic mass is 35.5. The molecule has 1 aliphatic heterocycles. The summed E-state index contributed by atoms with van der Waals surface area (Å²) in [5.41, 5.74) is 8.88. The van der Waals surface area contributed by atoms with E-state index in [4.69, 9.17) is 17.3 Å². The second-order valence-corrected chi connectivity index (χ2v) is 7.17. The van der Waals surface area contributed by atoms with E-state index in [-0.39, 0.29) is 5.41 Å². The average Bonchev–Trinajstić information content (AvgIpc) is 2.56. The van der Waals surface area contributed by atoms with Crippen molar-refractivity contribution in [3.05, 3.63) is 28.8 Å². The van der Waals surface area contributed by atoms with Crippen LogP contribution in [-0.4, -0.2) is 19.6 Å². The van der Waals surface area contributed by atoms with Crippen molar-refractivity contribution in [2.24, 2.45) is 5.73 Å². The van der Waals surface area contributed by atoms with Gasteiger partial charge in [0, 0.05) is 25.0 Å². The topological polar surface area (TPSA) is 29.3 Å². The Morgan fingerprint density at radius 3 is 2.29 bits per heavy atom. The lowest BCUT2D eigenvalue weighted by Crippen LogP contribution is -2.37. The predicted octanol–water partition coefficient (Wildman–Crippen LogP) is 4.49. The van der Waals surface area contributed by atoms with Gasteiger partial charge in [0.1, 0.15) is 0 Å². The quantitative estimate of drug-likeness (QED) is 0.891. The number of anilines is 1. The Bertz CT molecular complexity index is 474. The maximum Gasteiger partial charge on any atom is 0.0642 e. The van der Waals surface area contributed by atoms with Crippen molar-refractivity contribution in [3.8, 4) is 0 Å². The molecule has 2 fully saturated rings. The minimum atomic E-state index is 0.169. The summed E-state index contributed by atoms with van der Waals surface area (Å²) in [6, 6.07) is 6.71. The molecule has 1 saturated carbocycles. The van der Waals surface area contributed by atoms with Gasteiger partial charge in [-0.05, 0) is 49.8 Å². The van der Waals surface area contributed by atoms with E-state index >= 15 is 0 Å². The van der Waals surface area contributed by atoms with E-state index in [0.29, 0.717) is 0 Å². The third-order valence-electron chi connectivity index (χ3n) is 5.46. The molecule has 116 valence electrons. The van der Waals surface area contributed by atoms with Crippen molar-refractivity contribution in [2.45, 2.75) is 56.8 Å². The summed E-state index contributed by atoms with van der Waals surface area (Å²) < 4.78 is 0. The fraction of sp³-hybridized carbons (Fsp3) is 0.667. The SMILES string of the molecule is NCC1(c2ccc(N3CCCCC3)c(Cl)c2)CCCCC1. The van der Waals surface area contributed by atoms with Crippen molar-refractivity contribution >= 4 is 17.3 Å². The standard InChI is InChI=1S/C18H27ClN2/c19-16-13-15(18(14-20)9-3-1-4-10-18)7-8-17(16)21-11-5-2-6-12-21/h7-8,13H,1-6,9-12,14,20H2. The number of piperidine rings is 1. The highest BCUT2D eigenvalue weighted by molar-refractivity contribution is 6.33. The first-order chi connectivity index (χ1) is 10.2. The molecule has 0 amide bonds. The molecular formula is C18H27ClN2. The average molecular weight is 307 g/mol.